The van der Waals surface area contributed by atoms with Crippen LogP contribution in [-0.4, -0.2) is 24.9 Å². The Kier molecular flexibility index (Phi) is 4.60. The van der Waals surface area contributed by atoms with E-state index >= 15 is 0 Å². The van der Waals surface area contributed by atoms with E-state index in [9.17, 15) is 18.3 Å². The number of halogens is 4. The van der Waals surface area contributed by atoms with E-state index in [-0.39, 0.29) is 16.5 Å². The first-order valence-electron chi connectivity index (χ1n) is 7.92. The second-order valence-electron chi connectivity index (χ2n) is 5.88. The zero-order valence-electron chi connectivity index (χ0n) is 13.9. The quantitative estimate of drug-likeness (QED) is 0.486. The number of anilines is 2. The van der Waals surface area contributed by atoms with Gasteiger partial charge in [-0.25, -0.2) is 0 Å². The Morgan fingerprint density at radius 3 is 2.71 bits per heavy atom. The van der Waals surface area contributed by atoms with Crippen molar-refractivity contribution in [3.8, 4) is 5.75 Å². The van der Waals surface area contributed by atoms with Gasteiger partial charge in [-0.1, -0.05) is 35.1 Å². The molecule has 0 spiro atoms. The van der Waals surface area contributed by atoms with Gasteiger partial charge in [0.2, 0.25) is 10.1 Å². The summed E-state index contributed by atoms with van der Waals surface area (Å²) in [7, 11) is 0. The maximum atomic E-state index is 12.8. The summed E-state index contributed by atoms with van der Waals surface area (Å²) in [5.74, 6) is 0.517. The van der Waals surface area contributed by atoms with Crippen LogP contribution in [0.5, 0.6) is 5.75 Å². The summed E-state index contributed by atoms with van der Waals surface area (Å²) < 4.78 is 40.1. The molecule has 0 fully saturated rings. The molecule has 0 aliphatic carbocycles. The Morgan fingerprint density at radius 1 is 1.14 bits per heavy atom. The second-order valence-corrected chi connectivity index (χ2v) is 7.25. The first-order chi connectivity index (χ1) is 13.3. The Hall–Kier alpha value is -2.85. The standard InChI is InChI=1S/C17H11ClF3N5OS/c18-12-6-9(4-5-13(12)27)7-14-23-24-16-26(14)25-15(28-16)22-11-3-1-2-10(8-11)17(19,20)21/h1-6,8,27H,7H2,(H,22,25). The minimum atomic E-state index is -4.42. The average molecular weight is 426 g/mol. The normalized spacial score (nSPS) is 11.9. The van der Waals surface area contributed by atoms with Gasteiger partial charge >= 0.3 is 6.18 Å². The van der Waals surface area contributed by atoms with Crippen molar-refractivity contribution >= 4 is 38.7 Å². The molecule has 11 heteroatoms. The summed E-state index contributed by atoms with van der Waals surface area (Å²) in [6.45, 7) is 0. The van der Waals surface area contributed by atoms with Gasteiger partial charge < -0.3 is 10.4 Å². The number of hydrogen-bond acceptors (Lipinski definition) is 6. The zero-order chi connectivity index (χ0) is 19.9. The van der Waals surface area contributed by atoms with E-state index < -0.39 is 11.7 Å². The Morgan fingerprint density at radius 2 is 1.96 bits per heavy atom. The highest BCUT2D eigenvalue weighted by Gasteiger charge is 2.30. The maximum Gasteiger partial charge on any atom is 0.416 e. The summed E-state index contributed by atoms with van der Waals surface area (Å²) in [5.41, 5.74) is 0.328. The molecule has 0 aliphatic rings. The molecule has 0 unspecified atom stereocenters. The average Bonchev–Trinajstić information content (AvgIpc) is 3.19. The van der Waals surface area contributed by atoms with Crippen LogP contribution in [-0.2, 0) is 12.6 Å². The van der Waals surface area contributed by atoms with Gasteiger partial charge in [0.25, 0.3) is 0 Å². The fourth-order valence-corrected chi connectivity index (χ4v) is 3.54. The van der Waals surface area contributed by atoms with E-state index in [2.05, 4.69) is 20.6 Å². The van der Waals surface area contributed by atoms with Crippen LogP contribution in [0, 0.1) is 0 Å². The molecule has 0 radical (unpaired) electrons. The molecule has 0 saturated carbocycles. The molecule has 0 atom stereocenters. The first-order valence-corrected chi connectivity index (χ1v) is 9.12. The van der Waals surface area contributed by atoms with Crippen LogP contribution < -0.4 is 5.32 Å². The lowest BCUT2D eigenvalue weighted by molar-refractivity contribution is -0.137. The Labute approximate surface area is 165 Å². The van der Waals surface area contributed by atoms with Gasteiger partial charge in [0.05, 0.1) is 10.6 Å². The molecule has 2 aromatic heterocycles. The molecular formula is C17H11ClF3N5OS. The topological polar surface area (TPSA) is 75.3 Å². The number of phenols is 1. The number of fused-ring (bicyclic) bond motifs is 1. The van der Waals surface area contributed by atoms with Crippen LogP contribution in [0.1, 0.15) is 17.0 Å². The monoisotopic (exact) mass is 425 g/mol. The molecule has 28 heavy (non-hydrogen) atoms. The number of nitrogens with one attached hydrogen (secondary N) is 1. The molecule has 2 N–H and O–H groups in total. The molecule has 0 saturated heterocycles. The third kappa shape index (κ3) is 3.73. The zero-order valence-corrected chi connectivity index (χ0v) is 15.5. The van der Waals surface area contributed by atoms with Crippen molar-refractivity contribution in [2.24, 2.45) is 0 Å². The summed E-state index contributed by atoms with van der Waals surface area (Å²) in [4.78, 5) is 0.495. The van der Waals surface area contributed by atoms with Crippen LogP contribution in [0.4, 0.5) is 24.0 Å². The van der Waals surface area contributed by atoms with Crippen LogP contribution in [0.3, 0.4) is 0 Å². The van der Waals surface area contributed by atoms with Crippen molar-refractivity contribution in [2.75, 3.05) is 5.32 Å². The van der Waals surface area contributed by atoms with Gasteiger partial charge in [-0.05, 0) is 35.9 Å². The lowest BCUT2D eigenvalue weighted by Crippen LogP contribution is -2.05. The van der Waals surface area contributed by atoms with Gasteiger partial charge in [-0.3, -0.25) is 0 Å². The highest BCUT2D eigenvalue weighted by Crippen LogP contribution is 2.32. The van der Waals surface area contributed by atoms with Gasteiger partial charge in [-0.2, -0.15) is 17.7 Å². The Bertz CT molecular complexity index is 1160. The third-order valence-corrected chi connectivity index (χ3v) is 4.99. The number of aromatic nitrogens is 4. The van der Waals surface area contributed by atoms with Gasteiger partial charge in [0, 0.05) is 12.1 Å². The summed E-state index contributed by atoms with van der Waals surface area (Å²) in [5, 5.41) is 25.4. The van der Waals surface area contributed by atoms with Crippen LogP contribution in [0.2, 0.25) is 5.02 Å². The molecule has 2 heterocycles. The third-order valence-electron chi connectivity index (χ3n) is 3.87. The Balaban J connectivity index is 1.58. The van der Waals surface area contributed by atoms with E-state index in [0.29, 0.717) is 22.3 Å². The molecule has 0 aliphatic heterocycles. The maximum absolute atomic E-state index is 12.8. The molecule has 0 amide bonds. The van der Waals surface area contributed by atoms with Gasteiger partial charge in [-0.15, -0.1) is 15.3 Å². The molecule has 0 bridgehead atoms. The fraction of sp³-hybridized carbons (Fsp3) is 0.118. The smallest absolute Gasteiger partial charge is 0.416 e. The number of alkyl halides is 3. The number of nitrogens with zero attached hydrogens (tertiary/aromatic N) is 4. The van der Waals surface area contributed by atoms with Crippen LogP contribution in [0.25, 0.3) is 4.96 Å². The first kappa shape index (κ1) is 18.5. The summed E-state index contributed by atoms with van der Waals surface area (Å²) >= 11 is 7.08. The molecule has 2 aromatic carbocycles. The number of phenolic OH excluding ortho intramolecular Hbond substituents is 1. The minimum Gasteiger partial charge on any atom is -0.506 e. The van der Waals surface area contributed by atoms with Crippen molar-refractivity contribution in [1.82, 2.24) is 19.8 Å². The predicted octanol–water partition coefficient (Wildman–Crippen LogP) is 4.90. The highest BCUT2D eigenvalue weighted by molar-refractivity contribution is 7.20. The number of aromatic hydroxyl groups is 1. The van der Waals surface area contributed by atoms with Crippen molar-refractivity contribution in [2.45, 2.75) is 12.6 Å². The van der Waals surface area contributed by atoms with E-state index in [1.165, 1.54) is 22.7 Å². The van der Waals surface area contributed by atoms with E-state index in [0.717, 1.165) is 29.0 Å². The SMILES string of the molecule is Oc1ccc(Cc2nnc3sc(Nc4cccc(C(F)(F)F)c4)nn23)cc1Cl. The molecular weight excluding hydrogens is 415 g/mol. The van der Waals surface area contributed by atoms with Crippen molar-refractivity contribution < 1.29 is 18.3 Å². The number of benzene rings is 2. The highest BCUT2D eigenvalue weighted by atomic mass is 35.5. The second kappa shape index (κ2) is 6.95. The van der Waals surface area contributed by atoms with Gasteiger partial charge in [0.15, 0.2) is 5.82 Å². The molecule has 4 rings (SSSR count). The van der Waals surface area contributed by atoms with Crippen molar-refractivity contribution in [3.63, 3.8) is 0 Å². The lowest BCUT2D eigenvalue weighted by atomic mass is 10.1. The van der Waals surface area contributed by atoms with E-state index in [4.69, 9.17) is 11.6 Å². The number of hydrogen-bond donors (Lipinski definition) is 2. The summed E-state index contributed by atoms with van der Waals surface area (Å²) in [6.07, 6.45) is -4.05. The fourth-order valence-electron chi connectivity index (χ4n) is 2.56. The minimum absolute atomic E-state index is 0.0157. The number of rotatable bonds is 4. The molecule has 4 aromatic rings. The van der Waals surface area contributed by atoms with Crippen molar-refractivity contribution in [3.05, 3.63) is 64.4 Å². The van der Waals surface area contributed by atoms with Crippen LogP contribution in [0.15, 0.2) is 42.5 Å². The lowest BCUT2D eigenvalue weighted by Gasteiger charge is -2.08. The predicted molar refractivity (Wildman–Crippen MR) is 99.3 cm³/mol. The van der Waals surface area contributed by atoms with Crippen LogP contribution >= 0.6 is 22.9 Å². The van der Waals surface area contributed by atoms with Crippen molar-refractivity contribution in [1.29, 1.82) is 0 Å². The van der Waals surface area contributed by atoms with E-state index in [1.54, 1.807) is 12.1 Å². The summed E-state index contributed by atoms with van der Waals surface area (Å²) in [6, 6.07) is 9.68. The largest absolute Gasteiger partial charge is 0.506 e. The van der Waals surface area contributed by atoms with Gasteiger partial charge in [0.1, 0.15) is 5.75 Å². The molecule has 144 valence electrons. The molecule has 6 nitrogen and oxygen atoms in total. The van der Waals surface area contributed by atoms with E-state index in [1.807, 2.05) is 0 Å².